The summed E-state index contributed by atoms with van der Waals surface area (Å²) in [6.07, 6.45) is 7.53. The normalized spacial score (nSPS) is 11.3. The molecule has 0 saturated heterocycles. The molecule has 0 amide bonds. The molecule has 0 aliphatic heterocycles. The number of rotatable bonds is 9. The van der Waals surface area contributed by atoms with Crippen molar-refractivity contribution >= 4 is 5.97 Å². The minimum absolute atomic E-state index is 0.0482. The Balaban J connectivity index is 2.23. The van der Waals surface area contributed by atoms with Gasteiger partial charge in [-0.2, -0.15) is 0 Å². The molecule has 0 bridgehead atoms. The second kappa shape index (κ2) is 10.0. The van der Waals surface area contributed by atoms with Gasteiger partial charge in [0, 0.05) is 12.0 Å². The molecular formula is C18H26O4. The van der Waals surface area contributed by atoms with Crippen molar-refractivity contribution in [2.45, 2.75) is 52.7 Å². The molecule has 4 heteroatoms. The van der Waals surface area contributed by atoms with Crippen LogP contribution in [0, 0.1) is 5.92 Å². The van der Waals surface area contributed by atoms with Gasteiger partial charge in [-0.15, -0.1) is 0 Å². The lowest BCUT2D eigenvalue weighted by atomic mass is 10.1. The molecule has 0 atom stereocenters. The van der Waals surface area contributed by atoms with Crippen LogP contribution in [0.25, 0.3) is 0 Å². The molecule has 1 aromatic rings. The largest absolute Gasteiger partial charge is 0.508 e. The van der Waals surface area contributed by atoms with Crippen LogP contribution in [0.3, 0.4) is 0 Å². The number of benzene rings is 1. The number of aliphatic hydroxyl groups excluding tert-OH is 1. The van der Waals surface area contributed by atoms with Gasteiger partial charge in [0.1, 0.15) is 12.4 Å². The Kier molecular flexibility index (Phi) is 8.30. The van der Waals surface area contributed by atoms with Crippen LogP contribution in [-0.4, -0.2) is 16.2 Å². The third-order valence-electron chi connectivity index (χ3n) is 3.24. The van der Waals surface area contributed by atoms with Crippen molar-refractivity contribution < 1.29 is 19.7 Å². The fraction of sp³-hybridized carbons (Fsp3) is 0.500. The summed E-state index contributed by atoms with van der Waals surface area (Å²) in [6.45, 7) is 4.20. The van der Waals surface area contributed by atoms with Crippen molar-refractivity contribution in [1.29, 1.82) is 0 Å². The number of aliphatic hydroxyl groups is 1. The van der Waals surface area contributed by atoms with Crippen molar-refractivity contribution in [3.63, 3.8) is 0 Å². The lowest BCUT2D eigenvalue weighted by Gasteiger charge is -2.07. The number of hydrogen-bond acceptors (Lipinski definition) is 4. The zero-order valence-corrected chi connectivity index (χ0v) is 13.4. The zero-order chi connectivity index (χ0) is 16.4. The number of allylic oxidation sites excluding steroid dienone is 2. The molecule has 0 fully saturated rings. The van der Waals surface area contributed by atoms with Crippen LogP contribution in [0.15, 0.2) is 30.4 Å². The summed E-state index contributed by atoms with van der Waals surface area (Å²) in [4.78, 5) is 11.6. The predicted octanol–water partition coefficient (Wildman–Crippen LogP) is 3.70. The van der Waals surface area contributed by atoms with E-state index < -0.39 is 0 Å². The maximum absolute atomic E-state index is 11.6. The van der Waals surface area contributed by atoms with E-state index in [9.17, 15) is 9.90 Å². The number of aromatic hydroxyl groups is 1. The first-order valence-corrected chi connectivity index (χ1v) is 7.77. The van der Waals surface area contributed by atoms with E-state index in [2.05, 4.69) is 26.0 Å². The number of carbonyl (C=O) groups excluding carboxylic acids is 1. The van der Waals surface area contributed by atoms with Gasteiger partial charge in [0.2, 0.25) is 0 Å². The fourth-order valence-electron chi connectivity index (χ4n) is 1.99. The first-order chi connectivity index (χ1) is 10.5. The maximum atomic E-state index is 11.6. The summed E-state index contributed by atoms with van der Waals surface area (Å²) < 4.78 is 5.19. The summed E-state index contributed by atoms with van der Waals surface area (Å²) in [5.74, 6) is 0.401. The van der Waals surface area contributed by atoms with Gasteiger partial charge < -0.3 is 14.9 Å². The minimum Gasteiger partial charge on any atom is -0.508 e. The van der Waals surface area contributed by atoms with Gasteiger partial charge in [-0.25, -0.2) is 0 Å². The van der Waals surface area contributed by atoms with E-state index >= 15 is 0 Å². The lowest BCUT2D eigenvalue weighted by molar-refractivity contribution is -0.145. The minimum atomic E-state index is -0.239. The predicted molar refractivity (Wildman–Crippen MR) is 86.3 cm³/mol. The van der Waals surface area contributed by atoms with Crippen molar-refractivity contribution in [1.82, 2.24) is 0 Å². The second-order valence-electron chi connectivity index (χ2n) is 5.70. The Morgan fingerprint density at radius 2 is 2.09 bits per heavy atom. The fourth-order valence-corrected chi connectivity index (χ4v) is 1.99. The molecular weight excluding hydrogens is 280 g/mol. The Morgan fingerprint density at radius 3 is 2.77 bits per heavy atom. The molecule has 0 saturated carbocycles. The number of esters is 1. The summed E-state index contributed by atoms with van der Waals surface area (Å²) >= 11 is 0. The van der Waals surface area contributed by atoms with Gasteiger partial charge in [-0.3, -0.25) is 4.79 Å². The number of unbranched alkanes of at least 4 members (excludes halogenated alkanes) is 2. The molecule has 0 unspecified atom stereocenters. The number of ether oxygens (including phenoxy) is 1. The quantitative estimate of drug-likeness (QED) is 0.415. The highest BCUT2D eigenvalue weighted by Crippen LogP contribution is 2.19. The molecule has 2 N–H and O–H groups in total. The molecule has 122 valence electrons. The van der Waals surface area contributed by atoms with Gasteiger partial charge in [0.25, 0.3) is 0 Å². The van der Waals surface area contributed by atoms with Crippen molar-refractivity contribution in [2.75, 3.05) is 0 Å². The Labute approximate surface area is 132 Å². The van der Waals surface area contributed by atoms with E-state index in [0.717, 1.165) is 24.8 Å². The van der Waals surface area contributed by atoms with Crippen LogP contribution < -0.4 is 0 Å². The van der Waals surface area contributed by atoms with Gasteiger partial charge in [-0.1, -0.05) is 32.1 Å². The number of phenols is 1. The highest BCUT2D eigenvalue weighted by molar-refractivity contribution is 5.69. The summed E-state index contributed by atoms with van der Waals surface area (Å²) in [5, 5.41) is 18.5. The zero-order valence-electron chi connectivity index (χ0n) is 13.4. The van der Waals surface area contributed by atoms with Crippen molar-refractivity contribution in [3.8, 4) is 5.75 Å². The molecule has 0 spiro atoms. The average molecular weight is 306 g/mol. The molecule has 1 aromatic carbocycles. The highest BCUT2D eigenvalue weighted by Gasteiger charge is 2.05. The summed E-state index contributed by atoms with van der Waals surface area (Å²) in [6, 6.07) is 4.81. The second-order valence-corrected chi connectivity index (χ2v) is 5.70. The van der Waals surface area contributed by atoms with E-state index in [0.29, 0.717) is 17.9 Å². The maximum Gasteiger partial charge on any atom is 0.306 e. The van der Waals surface area contributed by atoms with Crippen LogP contribution >= 0.6 is 0 Å². The molecule has 4 nitrogen and oxygen atoms in total. The van der Waals surface area contributed by atoms with Crippen LogP contribution in [-0.2, 0) is 22.7 Å². The molecule has 0 aromatic heterocycles. The van der Waals surface area contributed by atoms with Crippen LogP contribution in [0.4, 0.5) is 0 Å². The van der Waals surface area contributed by atoms with Crippen LogP contribution in [0.5, 0.6) is 5.75 Å². The van der Waals surface area contributed by atoms with Gasteiger partial charge in [-0.05, 0) is 42.9 Å². The lowest BCUT2D eigenvalue weighted by Crippen LogP contribution is -2.04. The third-order valence-corrected chi connectivity index (χ3v) is 3.24. The van der Waals surface area contributed by atoms with Gasteiger partial charge in [0.05, 0.1) is 6.61 Å². The van der Waals surface area contributed by atoms with E-state index in [4.69, 9.17) is 9.84 Å². The van der Waals surface area contributed by atoms with Crippen molar-refractivity contribution in [3.05, 3.63) is 41.5 Å². The Bertz CT molecular complexity index is 492. The molecule has 0 aliphatic rings. The molecule has 1 rings (SSSR count). The first-order valence-electron chi connectivity index (χ1n) is 7.77. The SMILES string of the molecule is CC(C)/C=C/CCCCC(=O)OCc1ccc(O)c(CO)c1. The van der Waals surface area contributed by atoms with Gasteiger partial charge in [0.15, 0.2) is 0 Å². The molecule has 0 radical (unpaired) electrons. The smallest absolute Gasteiger partial charge is 0.306 e. The molecule has 0 aliphatic carbocycles. The van der Waals surface area contributed by atoms with Crippen LogP contribution in [0.1, 0.15) is 50.7 Å². The third kappa shape index (κ3) is 7.27. The van der Waals surface area contributed by atoms with Crippen LogP contribution in [0.2, 0.25) is 0 Å². The van der Waals surface area contributed by atoms with Gasteiger partial charge >= 0.3 is 5.97 Å². The Morgan fingerprint density at radius 1 is 1.32 bits per heavy atom. The van der Waals surface area contributed by atoms with E-state index in [1.165, 1.54) is 6.07 Å². The number of carbonyl (C=O) groups is 1. The Hall–Kier alpha value is -1.81. The summed E-state index contributed by atoms with van der Waals surface area (Å²) in [7, 11) is 0. The topological polar surface area (TPSA) is 66.8 Å². The molecule has 0 heterocycles. The van der Waals surface area contributed by atoms with E-state index in [1.54, 1.807) is 12.1 Å². The van der Waals surface area contributed by atoms with E-state index in [1.807, 2.05) is 0 Å². The first kappa shape index (κ1) is 18.2. The highest BCUT2D eigenvalue weighted by atomic mass is 16.5. The molecule has 22 heavy (non-hydrogen) atoms. The van der Waals surface area contributed by atoms with E-state index in [-0.39, 0.29) is 24.9 Å². The monoisotopic (exact) mass is 306 g/mol. The standard InChI is InChI=1S/C18H26O4/c1-14(2)7-5-3-4-6-8-18(21)22-13-15-9-10-17(20)16(11-15)12-19/h5,7,9-11,14,19-20H,3-4,6,8,12-13H2,1-2H3/b7-5+. The number of hydrogen-bond donors (Lipinski definition) is 2. The van der Waals surface area contributed by atoms with Crippen molar-refractivity contribution in [2.24, 2.45) is 5.92 Å². The summed E-state index contributed by atoms with van der Waals surface area (Å²) in [5.41, 5.74) is 1.19. The average Bonchev–Trinajstić information content (AvgIpc) is 2.49.